The summed E-state index contributed by atoms with van der Waals surface area (Å²) in [6.07, 6.45) is 3.19. The Morgan fingerprint density at radius 2 is 0.830 bits per heavy atom. The highest BCUT2D eigenvalue weighted by atomic mass is 19.1. The number of aryl methyl sites for hydroxylation is 2. The summed E-state index contributed by atoms with van der Waals surface area (Å²) in [6.45, 7) is 14.0. The van der Waals surface area contributed by atoms with E-state index in [1.807, 2.05) is 0 Å². The van der Waals surface area contributed by atoms with Gasteiger partial charge in [-0.05, 0) is 96.8 Å². The second-order valence-electron chi connectivity index (χ2n) is 23.9. The summed E-state index contributed by atoms with van der Waals surface area (Å²) in [5.41, 5.74) is 2.86. The number of ether oxygens (including phenoxy) is 1. The topological polar surface area (TPSA) is 305 Å². The van der Waals surface area contributed by atoms with Gasteiger partial charge in [0.1, 0.15) is 63.2 Å². The number of rotatable bonds is 10. The van der Waals surface area contributed by atoms with Gasteiger partial charge in [0.05, 0.1) is 77.7 Å². The highest BCUT2D eigenvalue weighted by Crippen LogP contribution is 2.39. The molecule has 474 valence electrons. The molecule has 0 radical (unpaired) electrons. The van der Waals surface area contributed by atoms with Crippen molar-refractivity contribution in [3.8, 4) is 40.3 Å². The number of amides is 3. The van der Waals surface area contributed by atoms with Crippen LogP contribution in [0.15, 0.2) is 91.4 Å². The Hall–Kier alpha value is -11.7. The maximum atomic E-state index is 14.7. The van der Waals surface area contributed by atoms with Crippen molar-refractivity contribution in [3.63, 3.8) is 0 Å². The van der Waals surface area contributed by atoms with Gasteiger partial charge in [-0.1, -0.05) is 42.5 Å². The van der Waals surface area contributed by atoms with Crippen LogP contribution in [0.4, 0.5) is 43.8 Å². The van der Waals surface area contributed by atoms with Crippen LogP contribution >= 0.6 is 0 Å². The maximum absolute atomic E-state index is 14.7. The average molecular weight is 1280 g/mol. The van der Waals surface area contributed by atoms with Crippen molar-refractivity contribution in [2.75, 3.05) is 23.1 Å². The Labute approximate surface area is 527 Å². The van der Waals surface area contributed by atoms with Crippen LogP contribution in [0.1, 0.15) is 86.4 Å². The van der Waals surface area contributed by atoms with Crippen molar-refractivity contribution in [1.29, 1.82) is 0 Å². The third kappa shape index (κ3) is 10.7. The molecule has 12 aromatic rings. The number of nitrogens with zero attached hydrogens (tertiary/aromatic N) is 18. The van der Waals surface area contributed by atoms with Crippen LogP contribution in [-0.2, 0) is 50.3 Å². The number of benzene rings is 3. The molecule has 3 N–H and O–H groups in total. The van der Waals surface area contributed by atoms with Crippen molar-refractivity contribution in [2.24, 2.45) is 0 Å². The molecule has 3 aliphatic rings. The number of anilines is 3. The molecule has 3 aromatic carbocycles. The highest BCUT2D eigenvalue weighted by Gasteiger charge is 2.44. The molecule has 0 aliphatic carbocycles. The first kappa shape index (κ1) is 61.2. The molecule has 0 saturated carbocycles. The minimum atomic E-state index is -0.868. The molecule has 25 nitrogen and oxygen atoms in total. The largest absolute Gasteiger partial charge is 0.494 e. The van der Waals surface area contributed by atoms with Crippen LogP contribution in [0, 0.1) is 48.8 Å². The third-order valence-corrected chi connectivity index (χ3v) is 16.2. The number of nitrogens with one attached hydrogen (secondary N) is 3. The van der Waals surface area contributed by atoms with E-state index in [-0.39, 0.29) is 107 Å². The minimum Gasteiger partial charge on any atom is -0.494 e. The third-order valence-electron chi connectivity index (χ3n) is 16.2. The van der Waals surface area contributed by atoms with Gasteiger partial charge in [0.15, 0.2) is 46.0 Å². The molecular weight excluding hydrogens is 1230 g/mol. The van der Waals surface area contributed by atoms with E-state index >= 15 is 0 Å². The first-order valence-corrected chi connectivity index (χ1v) is 28.9. The quantitative estimate of drug-likeness (QED) is 0.107. The summed E-state index contributed by atoms with van der Waals surface area (Å²) < 4.78 is 95.0. The van der Waals surface area contributed by atoms with E-state index in [0.29, 0.717) is 72.4 Å². The summed E-state index contributed by atoms with van der Waals surface area (Å²) in [4.78, 5) is 62.2. The lowest BCUT2D eigenvalue weighted by Crippen LogP contribution is -2.27. The monoisotopic (exact) mass is 1280 g/mol. The molecule has 0 unspecified atom stereocenters. The number of fused-ring (bicyclic) bond motifs is 6. The fourth-order valence-electron chi connectivity index (χ4n) is 10.8. The maximum Gasteiger partial charge on any atom is 0.237 e. The first-order chi connectivity index (χ1) is 44.8. The first-order valence-electron chi connectivity index (χ1n) is 28.9. The Morgan fingerprint density at radius 3 is 1.21 bits per heavy atom. The number of aromatic nitrogens is 18. The lowest BCUT2D eigenvalue weighted by Gasteiger charge is -2.11. The van der Waals surface area contributed by atoms with E-state index < -0.39 is 39.5 Å². The van der Waals surface area contributed by atoms with E-state index in [0.717, 1.165) is 24.2 Å². The molecule has 0 spiro atoms. The summed E-state index contributed by atoms with van der Waals surface area (Å²) in [6, 6.07) is 18.6. The molecule has 0 saturated heterocycles. The van der Waals surface area contributed by atoms with E-state index in [4.69, 9.17) is 4.74 Å². The number of methoxy groups -OCH3 is 1. The van der Waals surface area contributed by atoms with E-state index in [1.54, 1.807) is 97.9 Å². The van der Waals surface area contributed by atoms with Gasteiger partial charge in [-0.2, -0.15) is 15.3 Å². The lowest BCUT2D eigenvalue weighted by atomic mass is 9.91. The zero-order valence-electron chi connectivity index (χ0n) is 51.2. The summed E-state index contributed by atoms with van der Waals surface area (Å²) in [5, 5.41) is 47.4. The molecule has 3 amide bonds. The van der Waals surface area contributed by atoms with Crippen molar-refractivity contribution in [3.05, 3.63) is 171 Å². The molecule has 31 heteroatoms. The highest BCUT2D eigenvalue weighted by molar-refractivity contribution is 6.06. The van der Waals surface area contributed by atoms with Crippen LogP contribution in [0.25, 0.3) is 67.7 Å². The summed E-state index contributed by atoms with van der Waals surface area (Å²) in [7, 11) is 1.38. The Balaban J connectivity index is 0.000000128. The number of hydrogen-bond acceptors (Lipinski definition) is 19. The van der Waals surface area contributed by atoms with Gasteiger partial charge in [-0.25, -0.2) is 70.3 Å². The van der Waals surface area contributed by atoms with Crippen LogP contribution in [0.3, 0.4) is 0 Å². The molecule has 94 heavy (non-hydrogen) atoms. The van der Waals surface area contributed by atoms with Crippen molar-refractivity contribution in [2.45, 2.75) is 91.3 Å². The number of pyridine rings is 3. The number of carbonyl (C=O) groups excluding carboxylic acids is 3. The SMILES string of the molecule is COc1cccc(Cn2nc(-c3nnc4c(n3)NC(=O)C4(C)C)c3cc(F)cnc32)c1F.Cc1ccc(Cn2nc(-c3nnc4c(n3)NC(=O)C4(C)C)c3cc(F)cnc32)c(F)c1.Cc1cccc(Cn2nc(-c3nnc4c(n3)NC(=O)C4(C)C)c3cc(F)cnc32)c1F. The molecule has 9 aromatic heterocycles. The predicted octanol–water partition coefficient (Wildman–Crippen LogP) is 9.14. The van der Waals surface area contributed by atoms with Crippen LogP contribution in [-0.4, -0.2) is 115 Å². The standard InChI is InChI=1S/C21H17F2N7O2.2C21H17F2N7O/c1-21(2)16-18(26-20(21)31)25-17(28-27-16)15-12-7-11(22)8-24-19(12)30(29-15)9-10-5-4-6-13(32-3)14(10)23;1-10-4-5-11(14(23)6-10)9-30-19-13(7-12(22)8-24-19)15(29-30)17-25-18-16(27-28-17)21(2,3)20(31)26-18;1-10-5-4-6-11(14(10)23)9-30-19-13(7-12(22)8-24-19)15(29-30)17-25-18-16(27-28-17)21(2,3)20(31)26-18/h4-8H,9H2,1-3H3,(H,25,26,28,31);2*4-8H,9H2,1-3H3,(H,25,26,28,31). The summed E-state index contributed by atoms with van der Waals surface area (Å²) >= 11 is 0. The predicted molar refractivity (Wildman–Crippen MR) is 326 cm³/mol. The molecular formula is C63H51F6N21O4. The minimum absolute atomic E-state index is 0.0142. The van der Waals surface area contributed by atoms with Gasteiger partial charge in [-0.3, -0.25) is 14.4 Å². The van der Waals surface area contributed by atoms with E-state index in [1.165, 1.54) is 51.5 Å². The van der Waals surface area contributed by atoms with Crippen molar-refractivity contribution < 1.29 is 45.5 Å². The number of carbonyl (C=O) groups is 3. The summed E-state index contributed by atoms with van der Waals surface area (Å²) in [5.74, 6) is -2.38. The molecule has 0 atom stereocenters. The van der Waals surface area contributed by atoms with Gasteiger partial charge in [-0.15, -0.1) is 30.6 Å². The van der Waals surface area contributed by atoms with Crippen LogP contribution in [0.2, 0.25) is 0 Å². The van der Waals surface area contributed by atoms with Gasteiger partial charge in [0.25, 0.3) is 0 Å². The Bertz CT molecular complexity index is 5170. The normalized spacial score (nSPS) is 14.6. The Morgan fingerprint density at radius 1 is 0.457 bits per heavy atom. The van der Waals surface area contributed by atoms with E-state index in [9.17, 15) is 40.7 Å². The zero-order valence-corrected chi connectivity index (χ0v) is 51.2. The fraction of sp³-hybridized carbons (Fsp3) is 0.238. The van der Waals surface area contributed by atoms with Gasteiger partial charge in [0, 0.05) is 16.7 Å². The average Bonchev–Trinajstić information content (AvgIpc) is 1.62. The smallest absolute Gasteiger partial charge is 0.237 e. The second kappa shape index (κ2) is 22.9. The Kier molecular flexibility index (Phi) is 14.9. The number of halogens is 6. The molecule has 3 aliphatic heterocycles. The molecule has 0 bridgehead atoms. The second-order valence-corrected chi connectivity index (χ2v) is 23.9. The van der Waals surface area contributed by atoms with Gasteiger partial charge < -0.3 is 20.7 Å². The molecule has 15 rings (SSSR count). The number of hydrogen-bond donors (Lipinski definition) is 3. The zero-order chi connectivity index (χ0) is 66.4. The van der Waals surface area contributed by atoms with Crippen molar-refractivity contribution in [1.82, 2.24) is 89.8 Å². The van der Waals surface area contributed by atoms with Crippen molar-refractivity contribution >= 4 is 68.3 Å². The van der Waals surface area contributed by atoms with Gasteiger partial charge >= 0.3 is 0 Å². The molecule has 12 heterocycles. The van der Waals surface area contributed by atoms with E-state index in [2.05, 4.69) is 91.7 Å². The molecule has 0 fully saturated rings. The lowest BCUT2D eigenvalue weighted by molar-refractivity contribution is -0.120. The van der Waals surface area contributed by atoms with Crippen LogP contribution < -0.4 is 20.7 Å². The fourth-order valence-corrected chi connectivity index (χ4v) is 10.8. The van der Waals surface area contributed by atoms with Gasteiger partial charge in [0.2, 0.25) is 35.2 Å². The van der Waals surface area contributed by atoms with Crippen LogP contribution in [0.5, 0.6) is 5.75 Å².